The first-order valence-corrected chi connectivity index (χ1v) is 6.89. The van der Waals surface area contributed by atoms with Crippen molar-refractivity contribution in [1.29, 1.82) is 0 Å². The van der Waals surface area contributed by atoms with E-state index in [0.717, 1.165) is 10.2 Å². The van der Waals surface area contributed by atoms with E-state index in [0.29, 0.717) is 6.04 Å². The second-order valence-corrected chi connectivity index (χ2v) is 5.79. The predicted molar refractivity (Wildman–Crippen MR) is 75.2 cm³/mol. The lowest BCUT2D eigenvalue weighted by molar-refractivity contribution is 0.907. The maximum absolute atomic E-state index is 3.51. The normalized spacial score (nSPS) is 12.4. The number of halogens is 1. The van der Waals surface area contributed by atoms with Gasteiger partial charge >= 0.3 is 0 Å². The topological polar surface area (TPSA) is 12.0 Å². The molecule has 0 aliphatic heterocycles. The van der Waals surface area contributed by atoms with Crippen molar-refractivity contribution >= 4 is 33.0 Å². The van der Waals surface area contributed by atoms with Crippen LogP contribution in [0.1, 0.15) is 23.4 Å². The smallest absolute Gasteiger partial charge is 0.0578 e. The summed E-state index contributed by atoms with van der Waals surface area (Å²) >= 11 is 5.30. The van der Waals surface area contributed by atoms with Crippen molar-refractivity contribution in [1.82, 2.24) is 0 Å². The Morgan fingerprint density at radius 1 is 1.31 bits per heavy atom. The van der Waals surface area contributed by atoms with Gasteiger partial charge in [0.2, 0.25) is 0 Å². The molecule has 1 atom stereocenters. The van der Waals surface area contributed by atoms with E-state index in [4.69, 9.17) is 0 Å². The highest BCUT2D eigenvalue weighted by Gasteiger charge is 2.06. The van der Waals surface area contributed by atoms with Gasteiger partial charge in [0.25, 0.3) is 0 Å². The number of hydrogen-bond acceptors (Lipinski definition) is 2. The van der Waals surface area contributed by atoms with E-state index in [1.165, 1.54) is 10.4 Å². The second-order valence-electron chi connectivity index (χ2n) is 3.90. The summed E-state index contributed by atoms with van der Waals surface area (Å²) in [5, 5.41) is 5.62. The standard InChI is InChI=1S/C13H14BrNS/c1-9-6-11(14)8-12(7-9)15-10(2)13-4-3-5-16-13/h3-8,10,15H,1-2H3. The molecule has 2 aromatic rings. The minimum Gasteiger partial charge on any atom is -0.378 e. The third kappa shape index (κ3) is 2.86. The van der Waals surface area contributed by atoms with Gasteiger partial charge in [0.1, 0.15) is 0 Å². The molecule has 2 rings (SSSR count). The molecule has 0 radical (unpaired) electrons. The van der Waals surface area contributed by atoms with E-state index < -0.39 is 0 Å². The molecule has 84 valence electrons. The summed E-state index contributed by atoms with van der Waals surface area (Å²) in [6.45, 7) is 4.29. The fraction of sp³-hybridized carbons (Fsp3) is 0.231. The van der Waals surface area contributed by atoms with Crippen LogP contribution in [-0.2, 0) is 0 Å². The van der Waals surface area contributed by atoms with Gasteiger partial charge in [-0.25, -0.2) is 0 Å². The Morgan fingerprint density at radius 3 is 2.75 bits per heavy atom. The Labute approximate surface area is 109 Å². The van der Waals surface area contributed by atoms with Crippen LogP contribution in [-0.4, -0.2) is 0 Å². The van der Waals surface area contributed by atoms with Crippen LogP contribution in [0.15, 0.2) is 40.2 Å². The van der Waals surface area contributed by atoms with Gasteiger partial charge in [-0.3, -0.25) is 0 Å². The Bertz CT molecular complexity index is 445. The molecular weight excluding hydrogens is 282 g/mol. The molecular formula is C13H14BrNS. The Balaban J connectivity index is 2.15. The Morgan fingerprint density at radius 2 is 2.12 bits per heavy atom. The molecule has 3 heteroatoms. The third-order valence-electron chi connectivity index (χ3n) is 2.40. The average Bonchev–Trinajstić information content (AvgIpc) is 2.68. The first-order valence-electron chi connectivity index (χ1n) is 5.22. The van der Waals surface area contributed by atoms with Crippen LogP contribution < -0.4 is 5.32 Å². The summed E-state index contributed by atoms with van der Waals surface area (Å²) in [7, 11) is 0. The molecule has 1 unspecified atom stereocenters. The zero-order valence-corrected chi connectivity index (χ0v) is 11.7. The Kier molecular flexibility index (Phi) is 3.66. The SMILES string of the molecule is Cc1cc(Br)cc(NC(C)c2cccs2)c1. The molecule has 1 heterocycles. The molecule has 0 amide bonds. The maximum atomic E-state index is 3.51. The molecule has 0 saturated carbocycles. The first-order chi connectivity index (χ1) is 7.65. The largest absolute Gasteiger partial charge is 0.378 e. The van der Waals surface area contributed by atoms with Crippen molar-refractivity contribution < 1.29 is 0 Å². The van der Waals surface area contributed by atoms with Crippen molar-refractivity contribution in [2.24, 2.45) is 0 Å². The molecule has 1 N–H and O–H groups in total. The van der Waals surface area contributed by atoms with Crippen LogP contribution in [0.3, 0.4) is 0 Å². The van der Waals surface area contributed by atoms with Crippen molar-refractivity contribution in [3.63, 3.8) is 0 Å². The van der Waals surface area contributed by atoms with E-state index in [-0.39, 0.29) is 0 Å². The highest BCUT2D eigenvalue weighted by atomic mass is 79.9. The van der Waals surface area contributed by atoms with Gasteiger partial charge in [0.05, 0.1) is 6.04 Å². The van der Waals surface area contributed by atoms with E-state index in [1.807, 2.05) is 0 Å². The molecule has 1 nitrogen and oxygen atoms in total. The maximum Gasteiger partial charge on any atom is 0.0578 e. The fourth-order valence-electron chi connectivity index (χ4n) is 1.68. The number of aryl methyl sites for hydroxylation is 1. The lowest BCUT2D eigenvalue weighted by atomic mass is 10.2. The minimum absolute atomic E-state index is 0.355. The van der Waals surface area contributed by atoms with Crippen molar-refractivity contribution in [2.75, 3.05) is 5.32 Å². The van der Waals surface area contributed by atoms with E-state index in [2.05, 4.69) is 70.8 Å². The van der Waals surface area contributed by atoms with Crippen molar-refractivity contribution in [3.05, 3.63) is 50.6 Å². The zero-order chi connectivity index (χ0) is 11.5. The average molecular weight is 296 g/mol. The second kappa shape index (κ2) is 5.02. The quantitative estimate of drug-likeness (QED) is 0.841. The molecule has 1 aromatic heterocycles. The van der Waals surface area contributed by atoms with Gasteiger partial charge in [-0.2, -0.15) is 0 Å². The highest BCUT2D eigenvalue weighted by Crippen LogP contribution is 2.25. The first kappa shape index (κ1) is 11.7. The number of benzene rings is 1. The molecule has 0 bridgehead atoms. The molecule has 1 aromatic carbocycles. The zero-order valence-electron chi connectivity index (χ0n) is 9.33. The molecule has 0 spiro atoms. The predicted octanol–water partition coefficient (Wildman–Crippen LogP) is 4.99. The summed E-state index contributed by atoms with van der Waals surface area (Å²) in [5.41, 5.74) is 2.42. The molecule has 0 saturated heterocycles. The molecule has 0 aliphatic carbocycles. The highest BCUT2D eigenvalue weighted by molar-refractivity contribution is 9.10. The van der Waals surface area contributed by atoms with Crippen LogP contribution in [0.4, 0.5) is 5.69 Å². The van der Waals surface area contributed by atoms with E-state index in [1.54, 1.807) is 11.3 Å². The third-order valence-corrected chi connectivity index (χ3v) is 3.91. The van der Waals surface area contributed by atoms with Crippen LogP contribution in [0.5, 0.6) is 0 Å². The van der Waals surface area contributed by atoms with E-state index >= 15 is 0 Å². The van der Waals surface area contributed by atoms with Gasteiger partial charge < -0.3 is 5.32 Å². The number of rotatable bonds is 3. The van der Waals surface area contributed by atoms with Gasteiger partial charge in [0.15, 0.2) is 0 Å². The summed E-state index contributed by atoms with van der Waals surface area (Å²) in [6.07, 6.45) is 0. The molecule has 0 fully saturated rings. The van der Waals surface area contributed by atoms with Crippen LogP contribution in [0.2, 0.25) is 0 Å². The molecule has 16 heavy (non-hydrogen) atoms. The van der Waals surface area contributed by atoms with Crippen molar-refractivity contribution in [2.45, 2.75) is 19.9 Å². The summed E-state index contributed by atoms with van der Waals surface area (Å²) in [5.74, 6) is 0. The van der Waals surface area contributed by atoms with Crippen LogP contribution in [0.25, 0.3) is 0 Å². The number of thiophene rings is 1. The number of nitrogens with one attached hydrogen (secondary N) is 1. The lowest BCUT2D eigenvalue weighted by Crippen LogP contribution is -2.04. The minimum atomic E-state index is 0.355. The summed E-state index contributed by atoms with van der Waals surface area (Å²) in [4.78, 5) is 1.36. The van der Waals surface area contributed by atoms with Gasteiger partial charge in [0, 0.05) is 15.0 Å². The van der Waals surface area contributed by atoms with Gasteiger partial charge in [-0.05, 0) is 49.1 Å². The lowest BCUT2D eigenvalue weighted by Gasteiger charge is -2.14. The molecule has 0 aliphatic rings. The number of anilines is 1. The van der Waals surface area contributed by atoms with E-state index in [9.17, 15) is 0 Å². The van der Waals surface area contributed by atoms with Crippen molar-refractivity contribution in [3.8, 4) is 0 Å². The Hall–Kier alpha value is -0.800. The van der Waals surface area contributed by atoms with Crippen LogP contribution in [0, 0.1) is 6.92 Å². The van der Waals surface area contributed by atoms with Crippen LogP contribution >= 0.6 is 27.3 Å². The summed E-state index contributed by atoms with van der Waals surface area (Å²) in [6, 6.07) is 11.0. The van der Waals surface area contributed by atoms with Gasteiger partial charge in [-0.15, -0.1) is 11.3 Å². The number of hydrogen-bond donors (Lipinski definition) is 1. The fourth-order valence-corrected chi connectivity index (χ4v) is 3.02. The van der Waals surface area contributed by atoms with Gasteiger partial charge in [-0.1, -0.05) is 22.0 Å². The summed E-state index contributed by atoms with van der Waals surface area (Å²) < 4.78 is 1.12. The monoisotopic (exact) mass is 295 g/mol.